The highest BCUT2D eigenvalue weighted by atomic mass is 16.5. The normalized spacial score (nSPS) is 26.4. The van der Waals surface area contributed by atoms with E-state index in [1.807, 2.05) is 73.3 Å². The summed E-state index contributed by atoms with van der Waals surface area (Å²) in [4.78, 5) is 2.00. The number of likely N-dealkylation sites (tertiary alicyclic amines) is 1. The zero-order valence-corrected chi connectivity index (χ0v) is 15.2. The minimum Gasteiger partial charge on any atom is -0.457 e. The van der Waals surface area contributed by atoms with Gasteiger partial charge in [0.25, 0.3) is 0 Å². The lowest BCUT2D eigenvalue weighted by Crippen LogP contribution is -2.43. The molecule has 0 bridgehead atoms. The molecule has 4 atom stereocenters. The number of benzene rings is 2. The zero-order valence-electron chi connectivity index (χ0n) is 15.2. The number of nitrogens with zero attached hydrogens (tertiary/aromatic N) is 1. The van der Waals surface area contributed by atoms with Crippen LogP contribution in [0.2, 0.25) is 0 Å². The minimum absolute atomic E-state index is 0.153. The third-order valence-corrected chi connectivity index (χ3v) is 5.02. The molecule has 5 heteroatoms. The van der Waals surface area contributed by atoms with Gasteiger partial charge in [0, 0.05) is 12.6 Å². The summed E-state index contributed by atoms with van der Waals surface area (Å²) < 4.78 is 5.89. The summed E-state index contributed by atoms with van der Waals surface area (Å²) in [5.41, 5.74) is 1.00. The van der Waals surface area contributed by atoms with Crippen molar-refractivity contribution in [3.63, 3.8) is 0 Å². The SMILES string of the molecule is CC(C)[C@H]1[C@H](O)[C@H](O)[C@@H](CO)N1Cc1cccc(Oc2ccccc2)c1. The first-order valence-corrected chi connectivity index (χ1v) is 9.06. The number of hydrogen-bond donors (Lipinski definition) is 3. The molecule has 0 saturated carbocycles. The fourth-order valence-corrected chi connectivity index (χ4v) is 3.80. The highest BCUT2D eigenvalue weighted by molar-refractivity contribution is 5.34. The summed E-state index contributed by atoms with van der Waals surface area (Å²) >= 11 is 0. The highest BCUT2D eigenvalue weighted by Gasteiger charge is 2.48. The van der Waals surface area contributed by atoms with E-state index in [0.717, 1.165) is 17.1 Å². The van der Waals surface area contributed by atoms with Gasteiger partial charge in [0.1, 0.15) is 11.5 Å². The maximum absolute atomic E-state index is 10.4. The summed E-state index contributed by atoms with van der Waals surface area (Å²) in [5, 5.41) is 30.4. The highest BCUT2D eigenvalue weighted by Crippen LogP contribution is 2.32. The van der Waals surface area contributed by atoms with Crippen molar-refractivity contribution in [2.45, 2.75) is 44.7 Å². The van der Waals surface area contributed by atoms with Crippen molar-refractivity contribution in [1.29, 1.82) is 0 Å². The summed E-state index contributed by atoms with van der Waals surface area (Å²) in [7, 11) is 0. The molecular weight excluding hydrogens is 330 g/mol. The molecule has 0 radical (unpaired) electrons. The standard InChI is InChI=1S/C21H27NO4/c1-14(2)19-21(25)20(24)18(13-23)22(19)12-15-7-6-10-17(11-15)26-16-8-4-3-5-9-16/h3-11,14,18-21,23-25H,12-13H2,1-2H3/t18-,19+,20-,21+/m1/s1. The Morgan fingerprint density at radius 1 is 0.962 bits per heavy atom. The van der Waals surface area contributed by atoms with E-state index in [2.05, 4.69) is 0 Å². The van der Waals surface area contributed by atoms with Gasteiger partial charge in [0.05, 0.1) is 24.9 Å². The maximum Gasteiger partial charge on any atom is 0.127 e. The molecule has 0 amide bonds. The molecule has 2 aromatic carbocycles. The maximum atomic E-state index is 10.4. The molecule has 1 saturated heterocycles. The molecular formula is C21H27NO4. The molecule has 0 spiro atoms. The van der Waals surface area contributed by atoms with Gasteiger partial charge in [-0.3, -0.25) is 4.90 Å². The second-order valence-corrected chi connectivity index (χ2v) is 7.20. The Kier molecular flexibility index (Phi) is 5.94. The Morgan fingerprint density at radius 3 is 2.31 bits per heavy atom. The Morgan fingerprint density at radius 2 is 1.65 bits per heavy atom. The van der Waals surface area contributed by atoms with E-state index < -0.39 is 18.2 Å². The van der Waals surface area contributed by atoms with E-state index in [0.29, 0.717) is 6.54 Å². The summed E-state index contributed by atoms with van der Waals surface area (Å²) in [6.07, 6.45) is -1.81. The van der Waals surface area contributed by atoms with Crippen LogP contribution < -0.4 is 4.74 Å². The Balaban J connectivity index is 1.79. The van der Waals surface area contributed by atoms with Crippen LogP contribution in [0.25, 0.3) is 0 Å². The van der Waals surface area contributed by atoms with Crippen molar-refractivity contribution < 1.29 is 20.1 Å². The van der Waals surface area contributed by atoms with E-state index in [1.54, 1.807) is 0 Å². The number of hydrogen-bond acceptors (Lipinski definition) is 5. The molecule has 0 aliphatic carbocycles. The van der Waals surface area contributed by atoms with Crippen molar-refractivity contribution in [3.05, 3.63) is 60.2 Å². The lowest BCUT2D eigenvalue weighted by molar-refractivity contribution is 0.0145. The smallest absolute Gasteiger partial charge is 0.127 e. The first-order chi connectivity index (χ1) is 12.5. The van der Waals surface area contributed by atoms with Crippen LogP contribution in [0.4, 0.5) is 0 Å². The molecule has 3 N–H and O–H groups in total. The number of rotatable bonds is 6. The molecule has 1 aliphatic rings. The van der Waals surface area contributed by atoms with Crippen LogP contribution >= 0.6 is 0 Å². The number of para-hydroxylation sites is 1. The van der Waals surface area contributed by atoms with Crippen LogP contribution in [0.3, 0.4) is 0 Å². The molecule has 140 valence electrons. The predicted molar refractivity (Wildman–Crippen MR) is 100 cm³/mol. The van der Waals surface area contributed by atoms with Crippen molar-refractivity contribution in [2.24, 2.45) is 5.92 Å². The van der Waals surface area contributed by atoms with Crippen LogP contribution in [0.1, 0.15) is 19.4 Å². The molecule has 5 nitrogen and oxygen atoms in total. The summed E-state index contributed by atoms with van der Waals surface area (Å²) in [6, 6.07) is 16.7. The number of aliphatic hydroxyl groups excluding tert-OH is 3. The second kappa shape index (κ2) is 8.18. The molecule has 26 heavy (non-hydrogen) atoms. The fraction of sp³-hybridized carbons (Fsp3) is 0.429. The quantitative estimate of drug-likeness (QED) is 0.740. The van der Waals surface area contributed by atoms with E-state index in [4.69, 9.17) is 4.74 Å². The van der Waals surface area contributed by atoms with Gasteiger partial charge < -0.3 is 20.1 Å². The molecule has 0 unspecified atom stereocenters. The van der Waals surface area contributed by atoms with Crippen LogP contribution in [0, 0.1) is 5.92 Å². The lowest BCUT2D eigenvalue weighted by atomic mass is 9.98. The predicted octanol–water partition coefficient (Wildman–Crippen LogP) is 2.40. The van der Waals surface area contributed by atoms with Crippen LogP contribution in [-0.4, -0.2) is 51.1 Å². The van der Waals surface area contributed by atoms with Crippen molar-refractivity contribution in [2.75, 3.05) is 6.61 Å². The summed E-state index contributed by atoms with van der Waals surface area (Å²) in [6.45, 7) is 4.36. The van der Waals surface area contributed by atoms with Crippen LogP contribution in [0.15, 0.2) is 54.6 Å². The second-order valence-electron chi connectivity index (χ2n) is 7.20. The van der Waals surface area contributed by atoms with Crippen LogP contribution in [-0.2, 0) is 6.54 Å². The number of ether oxygens (including phenoxy) is 1. The molecule has 1 aliphatic heterocycles. The third-order valence-electron chi connectivity index (χ3n) is 5.02. The number of aliphatic hydroxyl groups is 3. The van der Waals surface area contributed by atoms with E-state index in [1.165, 1.54) is 0 Å². The third kappa shape index (κ3) is 3.91. The van der Waals surface area contributed by atoms with E-state index in [9.17, 15) is 15.3 Å². The molecule has 1 fully saturated rings. The van der Waals surface area contributed by atoms with Gasteiger partial charge in [-0.1, -0.05) is 44.2 Å². The van der Waals surface area contributed by atoms with Gasteiger partial charge in [-0.2, -0.15) is 0 Å². The van der Waals surface area contributed by atoms with Gasteiger partial charge >= 0.3 is 0 Å². The first kappa shape index (κ1) is 18.9. The van der Waals surface area contributed by atoms with E-state index >= 15 is 0 Å². The van der Waals surface area contributed by atoms with Crippen LogP contribution in [0.5, 0.6) is 11.5 Å². The van der Waals surface area contributed by atoms with Gasteiger partial charge in [0.2, 0.25) is 0 Å². The van der Waals surface area contributed by atoms with Gasteiger partial charge in [-0.25, -0.2) is 0 Å². The molecule has 3 rings (SSSR count). The van der Waals surface area contributed by atoms with E-state index in [-0.39, 0.29) is 18.6 Å². The largest absolute Gasteiger partial charge is 0.457 e. The molecule has 0 aromatic heterocycles. The van der Waals surface area contributed by atoms with Gasteiger partial charge in [-0.05, 0) is 35.7 Å². The first-order valence-electron chi connectivity index (χ1n) is 9.06. The summed E-state index contributed by atoms with van der Waals surface area (Å²) in [5.74, 6) is 1.65. The minimum atomic E-state index is -0.948. The van der Waals surface area contributed by atoms with Crippen molar-refractivity contribution in [1.82, 2.24) is 4.90 Å². The average Bonchev–Trinajstić information content (AvgIpc) is 2.86. The van der Waals surface area contributed by atoms with Gasteiger partial charge in [0.15, 0.2) is 0 Å². The Labute approximate surface area is 154 Å². The Bertz CT molecular complexity index is 706. The average molecular weight is 357 g/mol. The van der Waals surface area contributed by atoms with Crippen molar-refractivity contribution >= 4 is 0 Å². The fourth-order valence-electron chi connectivity index (χ4n) is 3.80. The Hall–Kier alpha value is -1.92. The molecule has 1 heterocycles. The topological polar surface area (TPSA) is 73.2 Å². The van der Waals surface area contributed by atoms with Crippen molar-refractivity contribution in [3.8, 4) is 11.5 Å². The van der Waals surface area contributed by atoms with Gasteiger partial charge in [-0.15, -0.1) is 0 Å². The zero-order chi connectivity index (χ0) is 18.7. The molecule has 2 aromatic rings. The lowest BCUT2D eigenvalue weighted by Gasteiger charge is -2.32. The monoisotopic (exact) mass is 357 g/mol.